The second-order valence-electron chi connectivity index (χ2n) is 10.4. The highest BCUT2D eigenvalue weighted by Gasteiger charge is 2.44. The van der Waals surface area contributed by atoms with E-state index in [0.29, 0.717) is 14.8 Å². The van der Waals surface area contributed by atoms with Gasteiger partial charge in [-0.25, -0.2) is 43.5 Å². The standard InChI is InChI=1S/C24H26N10O13S2/c1-24(2,19(40)41)47-29-15(12-9-48-20(25)27-12)17(38)26-11-8-33(18(11)39)22(43)31-49(45,46)30-21(42)32-5-6-34(23(32)44)28-16(37)10-3-4-13(35)14(36)7-10/h3-4,7,9,11,35-36H,5-6,8H2,1-2H3,(H2,25,27)(H,26,38)(H,28,37)(H,30,42)(H,31,43)(H,40,41)/t11-/m0/s1. The number of urea groups is 3. The number of carboxylic acid groups (broad SMARTS) is 1. The first kappa shape index (κ1) is 35.6. The van der Waals surface area contributed by atoms with Crippen LogP contribution in [0.15, 0.2) is 28.7 Å². The Labute approximate surface area is 278 Å². The number of aliphatic carboxylic acids is 1. The SMILES string of the molecule is CC(C)(ON=C(C(=O)N[C@H]1CN(C(=O)NS(=O)(=O)NC(=O)N2CCN(NC(=O)c3ccc(O)c(O)c3)C2=O)C1=O)c1csc(N)n1)C(=O)O. The molecule has 0 unspecified atom stereocenters. The Morgan fingerprint density at radius 1 is 1.06 bits per heavy atom. The van der Waals surface area contributed by atoms with E-state index in [0.717, 1.165) is 43.4 Å². The molecule has 262 valence electrons. The fraction of sp³-hybridized carbons (Fsp3) is 0.292. The van der Waals surface area contributed by atoms with Gasteiger partial charge in [0.15, 0.2) is 22.3 Å². The smallest absolute Gasteiger partial charge is 0.350 e. The number of hydrazine groups is 1. The molecule has 2 fully saturated rings. The van der Waals surface area contributed by atoms with Crippen molar-refractivity contribution in [3.05, 3.63) is 34.8 Å². The number of imide groups is 2. The van der Waals surface area contributed by atoms with Crippen molar-refractivity contribution in [3.63, 3.8) is 0 Å². The monoisotopic (exact) mass is 726 g/mol. The number of β-lactam (4-membered cyclic amide) rings is 1. The van der Waals surface area contributed by atoms with E-state index >= 15 is 0 Å². The van der Waals surface area contributed by atoms with Crippen molar-refractivity contribution in [1.82, 2.24) is 40.0 Å². The second-order valence-corrected chi connectivity index (χ2v) is 12.7. The van der Waals surface area contributed by atoms with Gasteiger partial charge in [-0.1, -0.05) is 5.16 Å². The Balaban J connectivity index is 1.31. The van der Waals surface area contributed by atoms with Gasteiger partial charge in [0.1, 0.15) is 11.7 Å². The lowest BCUT2D eigenvalue weighted by molar-refractivity contribution is -0.161. The van der Waals surface area contributed by atoms with Gasteiger partial charge < -0.3 is 31.2 Å². The predicted octanol–water partition coefficient (Wildman–Crippen LogP) is -2.21. The van der Waals surface area contributed by atoms with Crippen molar-refractivity contribution < 1.29 is 62.1 Å². The quantitative estimate of drug-likeness (QED) is 0.0557. The van der Waals surface area contributed by atoms with E-state index in [1.165, 1.54) is 14.8 Å². The second kappa shape index (κ2) is 13.5. The number of oxime groups is 1. The summed E-state index contributed by atoms with van der Waals surface area (Å²) in [7, 11) is -5.03. The van der Waals surface area contributed by atoms with Gasteiger partial charge in [-0.05, 0) is 32.0 Å². The van der Waals surface area contributed by atoms with Crippen LogP contribution in [0.5, 0.6) is 11.5 Å². The molecule has 25 heteroatoms. The number of rotatable bonds is 10. The van der Waals surface area contributed by atoms with Gasteiger partial charge in [0.2, 0.25) is 5.60 Å². The fourth-order valence-corrected chi connectivity index (χ4v) is 5.07. The molecule has 2 aliphatic rings. The van der Waals surface area contributed by atoms with Crippen LogP contribution in [-0.2, 0) is 29.4 Å². The Morgan fingerprint density at radius 2 is 1.71 bits per heavy atom. The van der Waals surface area contributed by atoms with Crippen LogP contribution in [0.2, 0.25) is 0 Å². The molecule has 2 aromatic rings. The molecular weight excluding hydrogens is 700 g/mol. The minimum atomic E-state index is -5.03. The maximum absolute atomic E-state index is 12.9. The number of aromatic hydroxyl groups is 2. The van der Waals surface area contributed by atoms with Crippen LogP contribution in [0.4, 0.5) is 19.5 Å². The first-order valence-corrected chi connectivity index (χ1v) is 15.8. The van der Waals surface area contributed by atoms with Crippen LogP contribution in [0, 0.1) is 0 Å². The largest absolute Gasteiger partial charge is 0.504 e. The molecule has 9 N–H and O–H groups in total. The van der Waals surface area contributed by atoms with Crippen LogP contribution >= 0.6 is 11.3 Å². The molecule has 1 aromatic carbocycles. The average molecular weight is 727 g/mol. The van der Waals surface area contributed by atoms with Crippen LogP contribution in [-0.4, -0.2) is 122 Å². The maximum atomic E-state index is 12.9. The highest BCUT2D eigenvalue weighted by atomic mass is 32.2. The summed E-state index contributed by atoms with van der Waals surface area (Å²) in [5.74, 6) is -5.60. The van der Waals surface area contributed by atoms with E-state index in [-0.39, 0.29) is 22.9 Å². The maximum Gasteiger partial charge on any atom is 0.350 e. The average Bonchev–Trinajstić information content (AvgIpc) is 3.60. The number of amides is 9. The fourth-order valence-electron chi connectivity index (χ4n) is 3.79. The number of phenolic OH excluding ortho intramolecular Hbond substituents is 2. The topological polar surface area (TPSA) is 333 Å². The number of nitrogens with zero attached hydrogens (tertiary/aromatic N) is 5. The van der Waals surface area contributed by atoms with Gasteiger partial charge in [0.25, 0.3) is 17.7 Å². The normalized spacial score (nSPS) is 16.5. The van der Waals surface area contributed by atoms with Crippen molar-refractivity contribution in [2.75, 3.05) is 25.4 Å². The number of carbonyl (C=O) groups is 7. The molecule has 1 aromatic heterocycles. The zero-order valence-corrected chi connectivity index (χ0v) is 26.7. The molecule has 0 aliphatic carbocycles. The zero-order valence-electron chi connectivity index (χ0n) is 25.1. The van der Waals surface area contributed by atoms with Crippen LogP contribution in [0.25, 0.3) is 0 Å². The number of thiazole rings is 1. The highest BCUT2D eigenvalue weighted by molar-refractivity contribution is 7.88. The van der Waals surface area contributed by atoms with E-state index in [1.54, 1.807) is 0 Å². The van der Waals surface area contributed by atoms with E-state index < -0.39 is 93.9 Å². The van der Waals surface area contributed by atoms with Crippen molar-refractivity contribution in [2.45, 2.75) is 25.5 Å². The van der Waals surface area contributed by atoms with Gasteiger partial charge in [-0.3, -0.25) is 24.7 Å². The molecule has 9 amide bonds. The lowest BCUT2D eigenvalue weighted by Crippen LogP contribution is -2.68. The summed E-state index contributed by atoms with van der Waals surface area (Å²) in [5.41, 5.74) is 5.03. The summed E-state index contributed by atoms with van der Waals surface area (Å²) >= 11 is 0.917. The zero-order chi connectivity index (χ0) is 36.4. The third kappa shape index (κ3) is 8.01. The molecule has 0 spiro atoms. The summed E-state index contributed by atoms with van der Waals surface area (Å²) < 4.78 is 27.7. The van der Waals surface area contributed by atoms with Gasteiger partial charge in [-0.2, -0.15) is 8.42 Å². The molecule has 23 nitrogen and oxygen atoms in total. The molecule has 0 radical (unpaired) electrons. The van der Waals surface area contributed by atoms with Crippen LogP contribution in [0.3, 0.4) is 0 Å². The molecule has 3 heterocycles. The number of carboxylic acids is 1. The molecule has 0 saturated carbocycles. The number of likely N-dealkylation sites (tertiary alicyclic amines) is 1. The predicted molar refractivity (Wildman–Crippen MR) is 162 cm³/mol. The molecule has 49 heavy (non-hydrogen) atoms. The summed E-state index contributed by atoms with van der Waals surface area (Å²) in [4.78, 5) is 96.4. The molecule has 2 aliphatic heterocycles. The first-order valence-electron chi connectivity index (χ1n) is 13.4. The number of hydrogen-bond acceptors (Lipinski definition) is 16. The third-order valence-electron chi connectivity index (χ3n) is 6.51. The first-order chi connectivity index (χ1) is 22.8. The number of hydrogen-bond donors (Lipinski definition) is 8. The van der Waals surface area contributed by atoms with Gasteiger partial charge in [-0.15, -0.1) is 11.3 Å². The van der Waals surface area contributed by atoms with Crippen molar-refractivity contribution in [1.29, 1.82) is 0 Å². The van der Waals surface area contributed by atoms with E-state index in [9.17, 15) is 57.3 Å². The molecule has 0 bridgehead atoms. The van der Waals surface area contributed by atoms with Crippen molar-refractivity contribution in [2.24, 2.45) is 5.16 Å². The third-order valence-corrected chi connectivity index (χ3v) is 8.07. The molecule has 4 rings (SSSR count). The number of phenols is 2. The Morgan fingerprint density at radius 3 is 2.29 bits per heavy atom. The van der Waals surface area contributed by atoms with Crippen molar-refractivity contribution >= 4 is 74.2 Å². The lowest BCUT2D eigenvalue weighted by atomic mass is 10.1. The molecule has 1 atom stereocenters. The number of nitrogens with two attached hydrogens (primary N) is 1. The van der Waals surface area contributed by atoms with Gasteiger partial charge in [0.05, 0.1) is 19.6 Å². The number of carbonyl (C=O) groups excluding carboxylic acids is 6. The molecule has 2 saturated heterocycles. The molecular formula is C24H26N10O13S2. The van der Waals surface area contributed by atoms with Crippen LogP contribution in [0.1, 0.15) is 29.9 Å². The summed E-state index contributed by atoms with van der Waals surface area (Å²) in [5, 5.41) is 35.9. The van der Waals surface area contributed by atoms with E-state index in [1.807, 2.05) is 0 Å². The van der Waals surface area contributed by atoms with E-state index in [2.05, 4.69) is 20.9 Å². The minimum absolute atomic E-state index is 0.0227. The Bertz CT molecular complexity index is 1890. The number of nitrogens with one attached hydrogen (secondary N) is 4. The summed E-state index contributed by atoms with van der Waals surface area (Å²) in [6.07, 6.45) is 0. The van der Waals surface area contributed by atoms with Crippen molar-refractivity contribution in [3.8, 4) is 11.5 Å². The number of nitrogen functional groups attached to an aromatic ring is 1. The van der Waals surface area contributed by atoms with Gasteiger partial charge >= 0.3 is 34.3 Å². The van der Waals surface area contributed by atoms with Crippen LogP contribution < -0.4 is 25.9 Å². The van der Waals surface area contributed by atoms with Gasteiger partial charge in [0, 0.05) is 10.9 Å². The lowest BCUT2D eigenvalue weighted by Gasteiger charge is -2.36. The summed E-state index contributed by atoms with van der Waals surface area (Å²) in [6.45, 7) is 1.07. The Kier molecular flexibility index (Phi) is 9.79. The number of aromatic nitrogens is 1. The minimum Gasteiger partial charge on any atom is -0.504 e. The summed E-state index contributed by atoms with van der Waals surface area (Å²) in [6, 6.07) is -2.52. The van der Waals surface area contributed by atoms with E-state index in [4.69, 9.17) is 10.6 Å². The Hall–Kier alpha value is -6.24. The number of anilines is 1. The number of benzene rings is 1. The highest BCUT2D eigenvalue weighted by Crippen LogP contribution is 2.25.